The van der Waals surface area contributed by atoms with Gasteiger partial charge >= 0.3 is 0 Å². The fourth-order valence-electron chi connectivity index (χ4n) is 5.66. The Balaban J connectivity index is 1.51. The van der Waals surface area contributed by atoms with Crippen LogP contribution in [0.1, 0.15) is 23.6 Å². The van der Waals surface area contributed by atoms with Gasteiger partial charge in [-0.15, -0.1) is 0 Å². The molecule has 0 aliphatic heterocycles. The first-order chi connectivity index (χ1) is 20.2. The van der Waals surface area contributed by atoms with E-state index in [-0.39, 0.29) is 0 Å². The van der Waals surface area contributed by atoms with Crippen molar-refractivity contribution in [2.75, 3.05) is 7.05 Å². The number of aromatic nitrogens is 2. The number of fused-ring (bicyclic) bond motifs is 3. The van der Waals surface area contributed by atoms with Gasteiger partial charge < -0.3 is 4.57 Å². The van der Waals surface area contributed by atoms with Crippen LogP contribution in [0, 0.1) is 0 Å². The minimum atomic E-state index is 0.936. The van der Waals surface area contributed by atoms with Crippen molar-refractivity contribution in [2.45, 2.75) is 6.92 Å². The van der Waals surface area contributed by atoms with Crippen LogP contribution >= 0.6 is 0 Å². The average molecular weight is 530 g/mol. The maximum Gasteiger partial charge on any atom is 0.0702 e. The van der Waals surface area contributed by atoms with Crippen LogP contribution in [0.15, 0.2) is 134 Å². The summed E-state index contributed by atoms with van der Waals surface area (Å²) in [6, 6.07) is 34.2. The summed E-state index contributed by atoms with van der Waals surface area (Å²) in [5.74, 6) is 0. The molecule has 0 unspecified atom stereocenters. The van der Waals surface area contributed by atoms with Gasteiger partial charge in [-0.2, -0.15) is 0 Å². The summed E-state index contributed by atoms with van der Waals surface area (Å²) in [4.78, 5) is 9.16. The smallest absolute Gasteiger partial charge is 0.0702 e. The lowest BCUT2D eigenvalue weighted by Crippen LogP contribution is -1.99. The molecule has 4 aromatic carbocycles. The third-order valence-electron chi connectivity index (χ3n) is 7.55. The SMILES string of the molecule is C=Cc1ccc2c(c1C=C)c1ccccc1n2-c1ccc(-c2cc(C(/C=C\C)=NC)cc(-c3ccccn3)c2)cc1. The molecule has 0 spiro atoms. The van der Waals surface area contributed by atoms with Gasteiger partial charge in [0.15, 0.2) is 0 Å². The number of allylic oxidation sites excluding steroid dienone is 2. The van der Waals surface area contributed by atoms with Gasteiger partial charge in [-0.1, -0.05) is 73.9 Å². The van der Waals surface area contributed by atoms with E-state index in [2.05, 4.69) is 107 Å². The number of pyridine rings is 1. The molecule has 198 valence electrons. The van der Waals surface area contributed by atoms with E-state index in [1.54, 1.807) is 0 Å². The molecule has 0 bridgehead atoms. The standard InChI is InChI=1S/C38H31N3/c1-5-12-34(39-4)29-23-28(24-30(25-29)35-14-10-11-22-40-35)27-16-19-31(20-17-27)41-36-15-9-8-13-33(36)38-32(7-3)26(6-2)18-21-37(38)41/h5-25H,2-3H2,1,4H3/b12-5-,39-34?. The Labute approximate surface area is 241 Å². The van der Waals surface area contributed by atoms with Crippen molar-refractivity contribution in [2.24, 2.45) is 4.99 Å². The summed E-state index contributed by atoms with van der Waals surface area (Å²) in [5, 5.41) is 2.40. The lowest BCUT2D eigenvalue weighted by molar-refractivity contribution is 1.18. The van der Waals surface area contributed by atoms with E-state index in [0.29, 0.717) is 0 Å². The predicted molar refractivity (Wildman–Crippen MR) is 177 cm³/mol. The molecule has 41 heavy (non-hydrogen) atoms. The molecule has 3 nitrogen and oxygen atoms in total. The van der Waals surface area contributed by atoms with Gasteiger partial charge in [-0.05, 0) is 89.9 Å². The number of benzene rings is 4. The van der Waals surface area contributed by atoms with Crippen LogP contribution < -0.4 is 0 Å². The molecule has 0 fully saturated rings. The van der Waals surface area contributed by atoms with Crippen LogP contribution in [0.25, 0.3) is 62.0 Å². The van der Waals surface area contributed by atoms with Gasteiger partial charge in [0.1, 0.15) is 0 Å². The van der Waals surface area contributed by atoms with Crippen molar-refractivity contribution in [3.05, 3.63) is 145 Å². The lowest BCUT2D eigenvalue weighted by Gasteiger charge is -2.13. The second kappa shape index (κ2) is 11.1. The van der Waals surface area contributed by atoms with Gasteiger partial charge in [0.25, 0.3) is 0 Å². The quantitative estimate of drug-likeness (QED) is 0.189. The summed E-state index contributed by atoms with van der Waals surface area (Å²) in [7, 11) is 1.83. The van der Waals surface area contributed by atoms with Crippen molar-refractivity contribution in [3.8, 4) is 28.1 Å². The molecular weight excluding hydrogens is 498 g/mol. The highest BCUT2D eigenvalue weighted by Crippen LogP contribution is 2.37. The van der Waals surface area contributed by atoms with Crippen molar-refractivity contribution < 1.29 is 0 Å². The van der Waals surface area contributed by atoms with Crippen LogP contribution in [-0.4, -0.2) is 22.3 Å². The molecule has 2 heterocycles. The summed E-state index contributed by atoms with van der Waals surface area (Å²) in [6.07, 6.45) is 9.73. The Morgan fingerprint density at radius 1 is 0.780 bits per heavy atom. The molecule has 6 rings (SSSR count). The largest absolute Gasteiger partial charge is 0.309 e. The van der Waals surface area contributed by atoms with E-state index in [1.807, 2.05) is 62.7 Å². The fraction of sp³-hybridized carbons (Fsp3) is 0.0526. The summed E-state index contributed by atoms with van der Waals surface area (Å²) in [5.41, 5.74) is 11.8. The van der Waals surface area contributed by atoms with E-state index in [9.17, 15) is 0 Å². The Bertz CT molecular complexity index is 1970. The third-order valence-corrected chi connectivity index (χ3v) is 7.55. The molecule has 0 amide bonds. The second-order valence-electron chi connectivity index (χ2n) is 9.89. The molecule has 0 atom stereocenters. The Morgan fingerprint density at radius 2 is 1.56 bits per heavy atom. The predicted octanol–water partition coefficient (Wildman–Crippen LogP) is 9.79. The zero-order valence-electron chi connectivity index (χ0n) is 23.4. The molecular formula is C38H31N3. The summed E-state index contributed by atoms with van der Waals surface area (Å²) >= 11 is 0. The molecule has 0 saturated carbocycles. The average Bonchev–Trinajstić information content (AvgIpc) is 3.37. The Kier molecular flexibility index (Phi) is 7.01. The van der Waals surface area contributed by atoms with Crippen LogP contribution in [-0.2, 0) is 0 Å². The maximum absolute atomic E-state index is 4.61. The number of hydrogen-bond donors (Lipinski definition) is 0. The number of para-hydroxylation sites is 1. The molecule has 6 aromatic rings. The lowest BCUT2D eigenvalue weighted by atomic mass is 9.95. The van der Waals surface area contributed by atoms with E-state index in [4.69, 9.17) is 0 Å². The first kappa shape index (κ1) is 26.0. The van der Waals surface area contributed by atoms with Crippen LogP contribution in [0.4, 0.5) is 0 Å². The van der Waals surface area contributed by atoms with E-state index in [0.717, 1.165) is 61.5 Å². The zero-order chi connectivity index (χ0) is 28.3. The minimum Gasteiger partial charge on any atom is -0.309 e. The van der Waals surface area contributed by atoms with Gasteiger partial charge in [0.2, 0.25) is 0 Å². The number of nitrogens with zero attached hydrogens (tertiary/aromatic N) is 3. The van der Waals surface area contributed by atoms with Gasteiger partial charge in [-0.25, -0.2) is 0 Å². The van der Waals surface area contributed by atoms with Gasteiger partial charge in [0.05, 0.1) is 22.4 Å². The van der Waals surface area contributed by atoms with E-state index >= 15 is 0 Å². The van der Waals surface area contributed by atoms with Crippen LogP contribution in [0.2, 0.25) is 0 Å². The van der Waals surface area contributed by atoms with E-state index in [1.165, 1.54) is 10.8 Å². The van der Waals surface area contributed by atoms with E-state index < -0.39 is 0 Å². The van der Waals surface area contributed by atoms with Gasteiger partial charge in [-0.3, -0.25) is 9.98 Å². The highest BCUT2D eigenvalue weighted by atomic mass is 15.0. The van der Waals surface area contributed by atoms with Crippen LogP contribution in [0.5, 0.6) is 0 Å². The highest BCUT2D eigenvalue weighted by molar-refractivity contribution is 6.14. The number of hydrogen-bond acceptors (Lipinski definition) is 2. The van der Waals surface area contributed by atoms with Crippen molar-refractivity contribution in [3.63, 3.8) is 0 Å². The third kappa shape index (κ3) is 4.62. The molecule has 0 saturated heterocycles. The Hall–Kier alpha value is -5.28. The van der Waals surface area contributed by atoms with Crippen molar-refractivity contribution >= 4 is 39.7 Å². The first-order valence-electron chi connectivity index (χ1n) is 13.7. The highest BCUT2D eigenvalue weighted by Gasteiger charge is 2.16. The molecule has 0 N–H and O–H groups in total. The van der Waals surface area contributed by atoms with Crippen molar-refractivity contribution in [1.29, 1.82) is 0 Å². The van der Waals surface area contributed by atoms with Crippen LogP contribution in [0.3, 0.4) is 0 Å². The number of rotatable bonds is 7. The normalized spacial score (nSPS) is 11.9. The molecule has 0 radical (unpaired) electrons. The summed E-state index contributed by atoms with van der Waals surface area (Å²) < 4.78 is 2.33. The maximum atomic E-state index is 4.61. The molecule has 0 aliphatic rings. The zero-order valence-corrected chi connectivity index (χ0v) is 23.4. The fourth-order valence-corrected chi connectivity index (χ4v) is 5.66. The topological polar surface area (TPSA) is 30.2 Å². The summed E-state index contributed by atoms with van der Waals surface area (Å²) in [6.45, 7) is 10.1. The van der Waals surface area contributed by atoms with Gasteiger partial charge in [0, 0.05) is 40.8 Å². The van der Waals surface area contributed by atoms with Crippen molar-refractivity contribution in [1.82, 2.24) is 9.55 Å². The minimum absolute atomic E-state index is 0.936. The second-order valence-corrected chi connectivity index (χ2v) is 9.89. The monoisotopic (exact) mass is 529 g/mol. The molecule has 3 heteroatoms. The number of aliphatic imine (C=N–C) groups is 1. The molecule has 0 aliphatic carbocycles. The molecule has 2 aromatic heterocycles. The first-order valence-corrected chi connectivity index (χ1v) is 13.7. The Morgan fingerprint density at radius 3 is 2.27 bits per heavy atom.